The SMILES string of the molecule is Cc1noc(CN2CCCC(CNC(=O)Cc3cn(C)c4ccccc34)C2)n1. The number of nitrogens with zero attached hydrogens (tertiary/aromatic N) is 4. The largest absolute Gasteiger partial charge is 0.355 e. The summed E-state index contributed by atoms with van der Waals surface area (Å²) in [6.45, 7) is 5.19. The van der Waals surface area contributed by atoms with Gasteiger partial charge in [-0.15, -0.1) is 0 Å². The number of likely N-dealkylation sites (tertiary alicyclic amines) is 1. The van der Waals surface area contributed by atoms with E-state index < -0.39 is 0 Å². The van der Waals surface area contributed by atoms with Gasteiger partial charge in [0.05, 0.1) is 13.0 Å². The van der Waals surface area contributed by atoms with Gasteiger partial charge in [0.25, 0.3) is 0 Å². The molecule has 0 bridgehead atoms. The lowest BCUT2D eigenvalue weighted by Gasteiger charge is -2.31. The van der Waals surface area contributed by atoms with Crippen molar-refractivity contribution in [2.45, 2.75) is 32.7 Å². The van der Waals surface area contributed by atoms with Crippen LogP contribution in [0.2, 0.25) is 0 Å². The van der Waals surface area contributed by atoms with Crippen LogP contribution in [0.4, 0.5) is 0 Å². The van der Waals surface area contributed by atoms with Crippen LogP contribution >= 0.6 is 0 Å². The van der Waals surface area contributed by atoms with E-state index in [1.165, 1.54) is 0 Å². The van der Waals surface area contributed by atoms with Crippen LogP contribution in [0, 0.1) is 12.8 Å². The molecule has 4 rings (SSSR count). The van der Waals surface area contributed by atoms with E-state index in [1.807, 2.05) is 26.1 Å². The number of carbonyl (C=O) groups excluding carboxylic acids is 1. The molecule has 1 atom stereocenters. The first-order valence-electron chi connectivity index (χ1n) is 9.89. The smallest absolute Gasteiger partial charge is 0.240 e. The quantitative estimate of drug-likeness (QED) is 0.710. The van der Waals surface area contributed by atoms with Gasteiger partial charge >= 0.3 is 0 Å². The number of carbonyl (C=O) groups is 1. The van der Waals surface area contributed by atoms with Crippen molar-refractivity contribution in [3.63, 3.8) is 0 Å². The number of rotatable bonds is 6. The van der Waals surface area contributed by atoms with E-state index in [-0.39, 0.29) is 5.91 Å². The molecule has 148 valence electrons. The molecule has 1 aliphatic heterocycles. The number of para-hydroxylation sites is 1. The number of nitrogens with one attached hydrogen (secondary N) is 1. The zero-order chi connectivity index (χ0) is 19.5. The molecule has 2 aromatic heterocycles. The molecule has 1 aromatic carbocycles. The van der Waals surface area contributed by atoms with E-state index in [2.05, 4.69) is 43.3 Å². The first-order valence-corrected chi connectivity index (χ1v) is 9.89. The van der Waals surface area contributed by atoms with Crippen molar-refractivity contribution in [3.8, 4) is 0 Å². The Bertz CT molecular complexity index is 961. The Hall–Kier alpha value is -2.67. The summed E-state index contributed by atoms with van der Waals surface area (Å²) in [6.07, 6.45) is 4.73. The average Bonchev–Trinajstić information content (AvgIpc) is 3.24. The van der Waals surface area contributed by atoms with Crippen LogP contribution in [0.5, 0.6) is 0 Å². The maximum absolute atomic E-state index is 12.5. The van der Waals surface area contributed by atoms with Gasteiger partial charge in [-0.05, 0) is 43.9 Å². The van der Waals surface area contributed by atoms with Gasteiger partial charge in [-0.2, -0.15) is 4.98 Å². The van der Waals surface area contributed by atoms with Crippen molar-refractivity contribution in [3.05, 3.63) is 47.7 Å². The van der Waals surface area contributed by atoms with Crippen LogP contribution in [-0.2, 0) is 24.8 Å². The molecule has 0 saturated carbocycles. The van der Waals surface area contributed by atoms with Gasteiger partial charge in [-0.3, -0.25) is 9.69 Å². The Morgan fingerprint density at radius 1 is 1.36 bits per heavy atom. The first kappa shape index (κ1) is 18.7. The van der Waals surface area contributed by atoms with Crippen molar-refractivity contribution in [1.29, 1.82) is 0 Å². The standard InChI is InChI=1S/C21H27N5O2/c1-15-23-21(28-24-15)14-26-9-5-6-16(12-26)11-22-20(27)10-17-13-25(2)19-8-4-3-7-18(17)19/h3-4,7-8,13,16H,5-6,9-12,14H2,1-2H3,(H,22,27). The molecule has 0 aliphatic carbocycles. The lowest BCUT2D eigenvalue weighted by molar-refractivity contribution is -0.120. The van der Waals surface area contributed by atoms with Gasteiger partial charge in [-0.1, -0.05) is 23.4 Å². The predicted octanol–water partition coefficient (Wildman–Crippen LogP) is 2.44. The molecule has 1 N–H and O–H groups in total. The molecule has 28 heavy (non-hydrogen) atoms. The van der Waals surface area contributed by atoms with Crippen LogP contribution in [-0.4, -0.2) is 45.1 Å². The fourth-order valence-electron chi connectivity index (χ4n) is 4.12. The summed E-state index contributed by atoms with van der Waals surface area (Å²) in [5.41, 5.74) is 2.23. The zero-order valence-electron chi connectivity index (χ0n) is 16.5. The van der Waals surface area contributed by atoms with Crippen molar-refractivity contribution < 1.29 is 9.32 Å². The normalized spacial score (nSPS) is 17.9. The molecule has 7 nitrogen and oxygen atoms in total. The summed E-state index contributed by atoms with van der Waals surface area (Å²) in [5.74, 6) is 1.87. The Kier molecular flexibility index (Phi) is 5.43. The van der Waals surface area contributed by atoms with E-state index in [1.54, 1.807) is 0 Å². The average molecular weight is 381 g/mol. The molecular weight excluding hydrogens is 354 g/mol. The van der Waals surface area contributed by atoms with Gasteiger partial charge < -0.3 is 14.4 Å². The molecule has 1 aliphatic rings. The second-order valence-electron chi connectivity index (χ2n) is 7.74. The summed E-state index contributed by atoms with van der Waals surface area (Å²) in [4.78, 5) is 19.1. The van der Waals surface area contributed by atoms with Gasteiger partial charge in [0, 0.05) is 37.2 Å². The maximum atomic E-state index is 12.5. The summed E-state index contributed by atoms with van der Waals surface area (Å²) in [7, 11) is 2.02. The van der Waals surface area contributed by atoms with Crippen molar-refractivity contribution in [1.82, 2.24) is 24.9 Å². The van der Waals surface area contributed by atoms with Crippen LogP contribution in [0.15, 0.2) is 35.0 Å². The van der Waals surface area contributed by atoms with Crippen LogP contribution < -0.4 is 5.32 Å². The molecule has 0 spiro atoms. The summed E-state index contributed by atoms with van der Waals surface area (Å²) >= 11 is 0. The fourth-order valence-corrected chi connectivity index (χ4v) is 4.12. The Morgan fingerprint density at radius 3 is 3.04 bits per heavy atom. The number of fused-ring (bicyclic) bond motifs is 1. The third-order valence-electron chi connectivity index (χ3n) is 5.45. The van der Waals surface area contributed by atoms with E-state index in [9.17, 15) is 4.79 Å². The molecule has 1 unspecified atom stereocenters. The van der Waals surface area contributed by atoms with E-state index >= 15 is 0 Å². The van der Waals surface area contributed by atoms with E-state index in [0.29, 0.717) is 37.1 Å². The topological polar surface area (TPSA) is 76.2 Å². The van der Waals surface area contributed by atoms with Crippen molar-refractivity contribution >= 4 is 16.8 Å². The lowest BCUT2D eigenvalue weighted by atomic mass is 9.98. The molecule has 7 heteroatoms. The fraction of sp³-hybridized carbons (Fsp3) is 0.476. The molecule has 0 radical (unpaired) electrons. The minimum atomic E-state index is 0.0843. The highest BCUT2D eigenvalue weighted by Gasteiger charge is 2.22. The minimum absolute atomic E-state index is 0.0843. The monoisotopic (exact) mass is 381 g/mol. The van der Waals surface area contributed by atoms with Crippen LogP contribution in [0.3, 0.4) is 0 Å². The number of amides is 1. The van der Waals surface area contributed by atoms with Crippen molar-refractivity contribution in [2.75, 3.05) is 19.6 Å². The molecule has 3 aromatic rings. The number of benzene rings is 1. The number of aryl methyl sites for hydroxylation is 2. The summed E-state index contributed by atoms with van der Waals surface area (Å²) < 4.78 is 7.31. The molecule has 1 saturated heterocycles. The second-order valence-corrected chi connectivity index (χ2v) is 7.74. The lowest BCUT2D eigenvalue weighted by Crippen LogP contribution is -2.40. The third-order valence-corrected chi connectivity index (χ3v) is 5.45. The first-order chi connectivity index (χ1) is 13.6. The Balaban J connectivity index is 1.29. The van der Waals surface area contributed by atoms with Gasteiger partial charge in [0.15, 0.2) is 5.82 Å². The molecule has 3 heterocycles. The number of aromatic nitrogens is 3. The highest BCUT2D eigenvalue weighted by molar-refractivity contribution is 5.89. The highest BCUT2D eigenvalue weighted by Crippen LogP contribution is 2.21. The predicted molar refractivity (Wildman–Crippen MR) is 107 cm³/mol. The maximum Gasteiger partial charge on any atom is 0.240 e. The van der Waals surface area contributed by atoms with E-state index in [0.717, 1.165) is 42.4 Å². The van der Waals surface area contributed by atoms with Gasteiger partial charge in [-0.25, -0.2) is 0 Å². The van der Waals surface area contributed by atoms with Crippen molar-refractivity contribution in [2.24, 2.45) is 13.0 Å². The Morgan fingerprint density at radius 2 is 2.21 bits per heavy atom. The van der Waals surface area contributed by atoms with Gasteiger partial charge in [0.2, 0.25) is 11.8 Å². The van der Waals surface area contributed by atoms with E-state index in [4.69, 9.17) is 4.52 Å². The highest BCUT2D eigenvalue weighted by atomic mass is 16.5. The third kappa shape index (κ3) is 4.25. The Labute approximate surface area is 164 Å². The van der Waals surface area contributed by atoms with Crippen LogP contribution in [0.1, 0.15) is 30.1 Å². The molecule has 1 amide bonds. The number of hydrogen-bond donors (Lipinski definition) is 1. The van der Waals surface area contributed by atoms with Crippen LogP contribution in [0.25, 0.3) is 10.9 Å². The molecular formula is C21H27N5O2. The van der Waals surface area contributed by atoms with Gasteiger partial charge in [0.1, 0.15) is 0 Å². The second kappa shape index (κ2) is 8.14. The zero-order valence-corrected chi connectivity index (χ0v) is 16.5. The molecule has 1 fully saturated rings. The number of piperidine rings is 1. The minimum Gasteiger partial charge on any atom is -0.355 e. The number of hydrogen-bond acceptors (Lipinski definition) is 5. The summed E-state index contributed by atoms with van der Waals surface area (Å²) in [5, 5.41) is 8.14. The summed E-state index contributed by atoms with van der Waals surface area (Å²) in [6, 6.07) is 8.20.